The van der Waals surface area contributed by atoms with E-state index < -0.39 is 45.8 Å². The Morgan fingerprint density at radius 2 is 1.54 bits per heavy atom. The van der Waals surface area contributed by atoms with E-state index >= 15 is 0 Å². The molecule has 3 aromatic rings. The van der Waals surface area contributed by atoms with Gasteiger partial charge >= 0.3 is 0 Å². The van der Waals surface area contributed by atoms with E-state index in [9.17, 15) is 27.2 Å². The minimum Gasteiger partial charge on any atom is -0.350 e. The number of hydrogen-bond donors (Lipinski definition) is 1. The first kappa shape index (κ1) is 31.5. The van der Waals surface area contributed by atoms with E-state index in [0.717, 1.165) is 16.1 Å². The number of benzene rings is 3. The largest absolute Gasteiger partial charge is 0.350 e. The van der Waals surface area contributed by atoms with Gasteiger partial charge in [-0.05, 0) is 63.1 Å². The van der Waals surface area contributed by atoms with Gasteiger partial charge < -0.3 is 10.2 Å². The third-order valence-corrected chi connectivity index (χ3v) is 7.40. The van der Waals surface area contributed by atoms with E-state index in [-0.39, 0.29) is 24.4 Å². The highest BCUT2D eigenvalue weighted by Gasteiger charge is 2.34. The van der Waals surface area contributed by atoms with Crippen LogP contribution in [0, 0.1) is 5.82 Å². The predicted molar refractivity (Wildman–Crippen MR) is 157 cm³/mol. The van der Waals surface area contributed by atoms with Crippen LogP contribution >= 0.6 is 0 Å². The fourth-order valence-electron chi connectivity index (χ4n) is 4.29. The Hall–Kier alpha value is -4.05. The molecule has 218 valence electrons. The van der Waals surface area contributed by atoms with Crippen LogP contribution in [0.4, 0.5) is 10.1 Å². The average molecular weight is 582 g/mol. The van der Waals surface area contributed by atoms with E-state index in [0.29, 0.717) is 11.1 Å². The summed E-state index contributed by atoms with van der Waals surface area (Å²) in [5.74, 6) is -1.77. The number of nitrogens with zero attached hydrogens (tertiary/aromatic N) is 2. The summed E-state index contributed by atoms with van der Waals surface area (Å²) in [6.45, 7) is 6.15. The first-order chi connectivity index (χ1) is 19.1. The Bertz CT molecular complexity index is 1490. The predicted octanol–water partition coefficient (Wildman–Crippen LogP) is 4.35. The Morgan fingerprint density at radius 1 is 0.902 bits per heavy atom. The highest BCUT2D eigenvalue weighted by atomic mass is 32.2. The van der Waals surface area contributed by atoms with Crippen molar-refractivity contribution in [1.82, 2.24) is 10.2 Å². The number of anilines is 1. The molecule has 1 N–H and O–H groups in total. The van der Waals surface area contributed by atoms with Crippen molar-refractivity contribution in [1.29, 1.82) is 0 Å². The number of Topliss-reactive ketones (excluding diaryl/α,β-unsaturated/α-hetero) is 1. The molecule has 0 saturated heterocycles. The van der Waals surface area contributed by atoms with E-state index in [1.165, 1.54) is 48.2 Å². The van der Waals surface area contributed by atoms with Crippen LogP contribution in [-0.2, 0) is 32.6 Å². The van der Waals surface area contributed by atoms with Crippen molar-refractivity contribution in [2.75, 3.05) is 17.1 Å². The lowest BCUT2D eigenvalue weighted by molar-refractivity contribution is -0.140. The van der Waals surface area contributed by atoms with Gasteiger partial charge in [0.1, 0.15) is 18.4 Å². The van der Waals surface area contributed by atoms with Gasteiger partial charge in [0, 0.05) is 24.1 Å². The zero-order valence-corrected chi connectivity index (χ0v) is 24.7. The minimum atomic E-state index is -3.98. The molecule has 8 nitrogen and oxygen atoms in total. The summed E-state index contributed by atoms with van der Waals surface area (Å²) >= 11 is 0. The van der Waals surface area contributed by atoms with Crippen molar-refractivity contribution in [3.05, 3.63) is 101 Å². The van der Waals surface area contributed by atoms with Crippen LogP contribution in [0.15, 0.2) is 78.9 Å². The molecule has 0 bridgehead atoms. The second-order valence-corrected chi connectivity index (χ2v) is 12.9. The lowest BCUT2D eigenvalue weighted by Crippen LogP contribution is -2.56. The molecule has 0 radical (unpaired) electrons. The van der Waals surface area contributed by atoms with Gasteiger partial charge in [0.15, 0.2) is 5.78 Å². The average Bonchev–Trinajstić information content (AvgIpc) is 2.89. The first-order valence-electron chi connectivity index (χ1n) is 13.1. The Labute approximate surface area is 241 Å². The molecule has 3 rings (SSSR count). The van der Waals surface area contributed by atoms with Crippen LogP contribution in [0.1, 0.15) is 49.2 Å². The maximum absolute atomic E-state index is 14.1. The van der Waals surface area contributed by atoms with Crippen LogP contribution in [0.25, 0.3) is 0 Å². The number of rotatable bonds is 11. The number of nitrogens with one attached hydrogen (secondary N) is 1. The summed E-state index contributed by atoms with van der Waals surface area (Å²) in [4.78, 5) is 41.0. The Balaban J connectivity index is 2.09. The molecule has 1 atom stereocenters. The van der Waals surface area contributed by atoms with Crippen molar-refractivity contribution in [3.8, 4) is 0 Å². The van der Waals surface area contributed by atoms with Crippen molar-refractivity contribution >= 4 is 33.3 Å². The fourth-order valence-corrected chi connectivity index (χ4v) is 5.13. The molecule has 0 aromatic heterocycles. The van der Waals surface area contributed by atoms with E-state index in [1.54, 1.807) is 12.1 Å². The molecule has 0 aliphatic heterocycles. The molecule has 41 heavy (non-hydrogen) atoms. The van der Waals surface area contributed by atoms with Gasteiger partial charge in [-0.1, -0.05) is 54.6 Å². The number of halogens is 1. The van der Waals surface area contributed by atoms with Crippen molar-refractivity contribution < 1.29 is 27.2 Å². The third kappa shape index (κ3) is 9.24. The van der Waals surface area contributed by atoms with Gasteiger partial charge in [-0.25, -0.2) is 12.8 Å². The summed E-state index contributed by atoms with van der Waals surface area (Å²) in [6, 6.07) is 19.7. The topological polar surface area (TPSA) is 104 Å². The smallest absolute Gasteiger partial charge is 0.244 e. The second-order valence-electron chi connectivity index (χ2n) is 11.0. The Morgan fingerprint density at radius 3 is 2.10 bits per heavy atom. The number of carbonyl (C=O) groups excluding carboxylic acids is 3. The van der Waals surface area contributed by atoms with Crippen molar-refractivity contribution in [2.24, 2.45) is 0 Å². The molecule has 0 aliphatic carbocycles. The molecular weight excluding hydrogens is 545 g/mol. The first-order valence-corrected chi connectivity index (χ1v) is 15.0. The molecule has 0 fully saturated rings. The summed E-state index contributed by atoms with van der Waals surface area (Å²) in [5.41, 5.74) is 1.19. The molecule has 10 heteroatoms. The van der Waals surface area contributed by atoms with Crippen molar-refractivity contribution in [2.45, 2.75) is 52.2 Å². The molecule has 1 unspecified atom stereocenters. The van der Waals surface area contributed by atoms with Gasteiger partial charge in [-0.2, -0.15) is 0 Å². The van der Waals surface area contributed by atoms with E-state index in [2.05, 4.69) is 5.32 Å². The number of amides is 2. The van der Waals surface area contributed by atoms with Crippen LogP contribution in [0.2, 0.25) is 0 Å². The number of carbonyl (C=O) groups is 3. The minimum absolute atomic E-state index is 0.0702. The molecule has 2 amide bonds. The summed E-state index contributed by atoms with van der Waals surface area (Å²) in [7, 11) is -3.98. The maximum atomic E-state index is 14.1. The van der Waals surface area contributed by atoms with E-state index in [1.807, 2.05) is 51.1 Å². The van der Waals surface area contributed by atoms with Gasteiger partial charge in [0.2, 0.25) is 21.8 Å². The molecule has 0 aliphatic rings. The van der Waals surface area contributed by atoms with E-state index in [4.69, 9.17) is 0 Å². The van der Waals surface area contributed by atoms with Gasteiger partial charge in [-0.15, -0.1) is 0 Å². The number of ketones is 1. The highest BCUT2D eigenvalue weighted by Crippen LogP contribution is 2.22. The van der Waals surface area contributed by atoms with Gasteiger partial charge in [-0.3, -0.25) is 18.7 Å². The zero-order valence-electron chi connectivity index (χ0n) is 23.9. The van der Waals surface area contributed by atoms with Crippen LogP contribution in [0.3, 0.4) is 0 Å². The monoisotopic (exact) mass is 581 g/mol. The number of sulfonamides is 1. The fraction of sp³-hybridized carbons (Fsp3) is 0.323. The summed E-state index contributed by atoms with van der Waals surface area (Å²) < 4.78 is 40.4. The number of hydrogen-bond acceptors (Lipinski definition) is 5. The summed E-state index contributed by atoms with van der Waals surface area (Å²) in [5, 5.41) is 2.94. The third-order valence-electron chi connectivity index (χ3n) is 6.26. The standard InChI is InChI=1S/C31H36FN3O5S/c1-22(36)25-12-9-13-27(19-25)35(41(5,39)40)21-29(37)34(20-24-14-16-26(32)17-15-24)28(30(38)33-31(2,3)4)18-23-10-7-6-8-11-23/h6-17,19,28H,18,20-21H2,1-5H3,(H,33,38). The molecular formula is C31H36FN3O5S. The molecule has 0 spiro atoms. The Kier molecular flexibility index (Phi) is 10.0. The molecule has 0 heterocycles. The van der Waals surface area contributed by atoms with Crippen molar-refractivity contribution in [3.63, 3.8) is 0 Å². The molecule has 3 aromatic carbocycles. The SMILES string of the molecule is CC(=O)c1cccc(N(CC(=O)N(Cc2ccc(F)cc2)C(Cc2ccccc2)C(=O)NC(C)(C)C)S(C)(=O)=O)c1. The lowest BCUT2D eigenvalue weighted by atomic mass is 10.0. The van der Waals surface area contributed by atoms with Gasteiger partial charge in [0.25, 0.3) is 0 Å². The normalized spacial score (nSPS) is 12.3. The van der Waals surface area contributed by atoms with Crippen LogP contribution in [0.5, 0.6) is 0 Å². The van der Waals surface area contributed by atoms with Crippen LogP contribution < -0.4 is 9.62 Å². The summed E-state index contributed by atoms with van der Waals surface area (Å²) in [6.07, 6.45) is 1.13. The second kappa shape index (κ2) is 13.1. The maximum Gasteiger partial charge on any atom is 0.244 e. The quantitative estimate of drug-likeness (QED) is 0.339. The molecule has 0 saturated carbocycles. The lowest BCUT2D eigenvalue weighted by Gasteiger charge is -2.35. The highest BCUT2D eigenvalue weighted by molar-refractivity contribution is 7.92. The van der Waals surface area contributed by atoms with Crippen LogP contribution in [-0.4, -0.2) is 55.3 Å². The zero-order chi connectivity index (χ0) is 30.4. The van der Waals surface area contributed by atoms with Gasteiger partial charge in [0.05, 0.1) is 11.9 Å².